The molecule has 0 aromatic rings. The van der Waals surface area contributed by atoms with E-state index in [0.29, 0.717) is 12.5 Å². The Morgan fingerprint density at radius 2 is 1.72 bits per heavy atom. The van der Waals surface area contributed by atoms with Crippen LogP contribution in [-0.4, -0.2) is 81.0 Å². The van der Waals surface area contributed by atoms with Crippen molar-refractivity contribution in [2.45, 2.75) is 25.8 Å². The van der Waals surface area contributed by atoms with Gasteiger partial charge in [-0.1, -0.05) is 0 Å². The van der Waals surface area contributed by atoms with Crippen LogP contribution in [0.5, 0.6) is 0 Å². The summed E-state index contributed by atoms with van der Waals surface area (Å²) in [6.45, 7) is 6.03. The van der Waals surface area contributed by atoms with Crippen LogP contribution in [-0.2, 0) is 4.79 Å². The largest absolute Gasteiger partial charge is 0.370 e. The third-order valence-corrected chi connectivity index (χ3v) is 3.16. The Hall–Kier alpha value is -0.650. The summed E-state index contributed by atoms with van der Waals surface area (Å²) in [5.41, 5.74) is 5.22. The number of carbonyl (C=O) groups is 1. The first-order valence-corrected chi connectivity index (χ1v) is 6.64. The molecule has 108 valence electrons. The van der Waals surface area contributed by atoms with Crippen LogP contribution in [0.15, 0.2) is 0 Å². The average Bonchev–Trinajstić information content (AvgIpc) is 2.24. The molecule has 1 unspecified atom stereocenters. The number of nitrogens with two attached hydrogens (primary N) is 1. The van der Waals surface area contributed by atoms with Gasteiger partial charge >= 0.3 is 0 Å². The lowest BCUT2D eigenvalue weighted by Crippen LogP contribution is -2.40. The van der Waals surface area contributed by atoms with Crippen molar-refractivity contribution in [3.8, 4) is 0 Å². The van der Waals surface area contributed by atoms with Gasteiger partial charge in [0.15, 0.2) is 0 Å². The quantitative estimate of drug-likeness (QED) is 0.602. The van der Waals surface area contributed by atoms with Crippen LogP contribution in [0.3, 0.4) is 0 Å². The summed E-state index contributed by atoms with van der Waals surface area (Å²) in [4.78, 5) is 17.6. The highest BCUT2D eigenvalue weighted by Crippen LogP contribution is 2.01. The first-order valence-electron chi connectivity index (χ1n) is 6.64. The third kappa shape index (κ3) is 9.39. The molecule has 0 spiro atoms. The number of hydrogen-bond donors (Lipinski definition) is 1. The van der Waals surface area contributed by atoms with E-state index in [9.17, 15) is 4.79 Å². The third-order valence-electron chi connectivity index (χ3n) is 3.16. The van der Waals surface area contributed by atoms with E-state index >= 15 is 0 Å². The van der Waals surface area contributed by atoms with Gasteiger partial charge in [0.2, 0.25) is 5.91 Å². The van der Waals surface area contributed by atoms with Crippen LogP contribution in [0.4, 0.5) is 0 Å². The zero-order valence-corrected chi connectivity index (χ0v) is 12.6. The lowest BCUT2D eigenvalue weighted by Gasteiger charge is -2.29. The van der Waals surface area contributed by atoms with Crippen molar-refractivity contribution in [1.29, 1.82) is 0 Å². The minimum atomic E-state index is -0.217. The lowest BCUT2D eigenvalue weighted by molar-refractivity contribution is -0.118. The average molecular weight is 258 g/mol. The number of rotatable bonds is 10. The lowest BCUT2D eigenvalue weighted by atomic mass is 10.2. The van der Waals surface area contributed by atoms with E-state index in [4.69, 9.17) is 5.73 Å². The zero-order chi connectivity index (χ0) is 14.1. The van der Waals surface area contributed by atoms with E-state index in [1.165, 1.54) is 0 Å². The molecule has 0 bridgehead atoms. The molecule has 0 aliphatic carbocycles. The fourth-order valence-corrected chi connectivity index (χ4v) is 1.71. The molecule has 0 fully saturated rings. The van der Waals surface area contributed by atoms with Crippen LogP contribution in [0.25, 0.3) is 0 Å². The van der Waals surface area contributed by atoms with Gasteiger partial charge in [0.25, 0.3) is 0 Å². The number of primary amides is 1. The van der Waals surface area contributed by atoms with Crippen molar-refractivity contribution in [3.63, 3.8) is 0 Å². The van der Waals surface area contributed by atoms with Gasteiger partial charge in [-0.25, -0.2) is 0 Å². The van der Waals surface area contributed by atoms with E-state index < -0.39 is 0 Å². The highest BCUT2D eigenvalue weighted by molar-refractivity contribution is 5.73. The van der Waals surface area contributed by atoms with Gasteiger partial charge in [-0.2, -0.15) is 0 Å². The van der Waals surface area contributed by atoms with E-state index in [2.05, 4.69) is 49.8 Å². The van der Waals surface area contributed by atoms with Crippen LogP contribution < -0.4 is 5.73 Å². The van der Waals surface area contributed by atoms with Crippen LogP contribution in [0, 0.1) is 0 Å². The smallest absolute Gasteiger partial charge is 0.218 e. The van der Waals surface area contributed by atoms with Gasteiger partial charge in [0, 0.05) is 25.6 Å². The van der Waals surface area contributed by atoms with Crippen molar-refractivity contribution < 1.29 is 4.79 Å². The fraction of sp³-hybridized carbons (Fsp3) is 0.923. The number of likely N-dealkylation sites (N-methyl/N-ethyl adjacent to an activating group) is 1. The highest BCUT2D eigenvalue weighted by atomic mass is 16.1. The van der Waals surface area contributed by atoms with Crippen LogP contribution >= 0.6 is 0 Å². The summed E-state index contributed by atoms with van der Waals surface area (Å²) >= 11 is 0. The Morgan fingerprint density at radius 3 is 2.17 bits per heavy atom. The molecular weight excluding hydrogens is 228 g/mol. The molecule has 0 heterocycles. The maximum atomic E-state index is 10.9. The first-order chi connectivity index (χ1) is 8.32. The van der Waals surface area contributed by atoms with Gasteiger partial charge in [-0.15, -0.1) is 0 Å². The van der Waals surface area contributed by atoms with Crippen molar-refractivity contribution >= 4 is 5.91 Å². The molecule has 2 N–H and O–H groups in total. The fourth-order valence-electron chi connectivity index (χ4n) is 1.71. The summed E-state index contributed by atoms with van der Waals surface area (Å²) in [5.74, 6) is -0.217. The molecule has 0 aliphatic rings. The Bertz CT molecular complexity index is 231. The molecule has 18 heavy (non-hydrogen) atoms. The van der Waals surface area contributed by atoms with Crippen molar-refractivity contribution in [2.24, 2.45) is 5.73 Å². The number of hydrogen-bond acceptors (Lipinski definition) is 4. The molecule has 0 aromatic carbocycles. The molecule has 0 radical (unpaired) electrons. The van der Waals surface area contributed by atoms with Gasteiger partial charge in [-0.3, -0.25) is 4.79 Å². The van der Waals surface area contributed by atoms with Crippen LogP contribution in [0.1, 0.15) is 19.8 Å². The molecule has 5 nitrogen and oxygen atoms in total. The standard InChI is InChI=1S/C13H30N4O/c1-12(16(4)5)11-17(10-7-13(14)18)9-6-8-15(2)3/h12H,6-11H2,1-5H3,(H2,14,18). The summed E-state index contributed by atoms with van der Waals surface area (Å²) in [6.07, 6.45) is 1.56. The maximum absolute atomic E-state index is 10.9. The second-order valence-electron chi connectivity index (χ2n) is 5.49. The summed E-state index contributed by atoms with van der Waals surface area (Å²) in [7, 11) is 8.32. The molecule has 0 rings (SSSR count). The molecule has 0 aromatic heterocycles. The Morgan fingerprint density at radius 1 is 1.11 bits per heavy atom. The van der Waals surface area contributed by atoms with E-state index in [1.54, 1.807) is 0 Å². The van der Waals surface area contributed by atoms with E-state index in [0.717, 1.165) is 32.6 Å². The minimum Gasteiger partial charge on any atom is -0.370 e. The summed E-state index contributed by atoms with van der Waals surface area (Å²) in [6, 6.07) is 0.484. The molecular formula is C13H30N4O. The van der Waals surface area contributed by atoms with E-state index in [1.807, 2.05) is 0 Å². The summed E-state index contributed by atoms with van der Waals surface area (Å²) < 4.78 is 0. The number of nitrogens with zero attached hydrogens (tertiary/aromatic N) is 3. The van der Waals surface area contributed by atoms with Crippen molar-refractivity contribution in [3.05, 3.63) is 0 Å². The van der Waals surface area contributed by atoms with E-state index in [-0.39, 0.29) is 5.91 Å². The van der Waals surface area contributed by atoms with Gasteiger partial charge in [0.05, 0.1) is 0 Å². The zero-order valence-electron chi connectivity index (χ0n) is 12.6. The predicted octanol–water partition coefficient (Wildman–Crippen LogP) is 0.0656. The maximum Gasteiger partial charge on any atom is 0.218 e. The SMILES string of the molecule is CC(CN(CCCN(C)C)CCC(N)=O)N(C)C. The van der Waals surface area contributed by atoms with Crippen molar-refractivity contribution in [1.82, 2.24) is 14.7 Å². The topological polar surface area (TPSA) is 52.8 Å². The molecule has 1 amide bonds. The Balaban J connectivity index is 4.10. The first kappa shape index (κ1) is 17.4. The monoisotopic (exact) mass is 258 g/mol. The number of carbonyl (C=O) groups excluding carboxylic acids is 1. The highest BCUT2D eigenvalue weighted by Gasteiger charge is 2.12. The second kappa shape index (κ2) is 9.30. The van der Waals surface area contributed by atoms with Gasteiger partial charge in [0.1, 0.15) is 0 Å². The van der Waals surface area contributed by atoms with Gasteiger partial charge in [-0.05, 0) is 54.6 Å². The molecule has 5 heteroatoms. The molecule has 0 saturated heterocycles. The minimum absolute atomic E-state index is 0.217. The Labute approximate surface area is 112 Å². The molecule has 0 aliphatic heterocycles. The van der Waals surface area contributed by atoms with Gasteiger partial charge < -0.3 is 20.4 Å². The number of amides is 1. The second-order valence-corrected chi connectivity index (χ2v) is 5.49. The molecule has 0 saturated carbocycles. The van der Waals surface area contributed by atoms with Crippen molar-refractivity contribution in [2.75, 3.05) is 54.4 Å². The molecule has 1 atom stereocenters. The Kier molecular flexibility index (Phi) is 8.97. The summed E-state index contributed by atoms with van der Waals surface area (Å²) in [5, 5.41) is 0. The normalized spacial score (nSPS) is 13.6. The van der Waals surface area contributed by atoms with Crippen LogP contribution in [0.2, 0.25) is 0 Å². The predicted molar refractivity (Wildman–Crippen MR) is 76.6 cm³/mol.